The van der Waals surface area contributed by atoms with E-state index in [2.05, 4.69) is 9.97 Å². The van der Waals surface area contributed by atoms with Gasteiger partial charge in [-0.05, 0) is 24.1 Å². The molecule has 0 saturated carbocycles. The normalized spacial score (nSPS) is 25.5. The number of rotatable bonds is 2. The van der Waals surface area contributed by atoms with Gasteiger partial charge >= 0.3 is 5.97 Å². The van der Waals surface area contributed by atoms with Crippen LogP contribution in [0.5, 0.6) is 0 Å². The summed E-state index contributed by atoms with van der Waals surface area (Å²) in [6.45, 7) is 0.688. The number of hydrogen-bond acceptors (Lipinski definition) is 4. The van der Waals surface area contributed by atoms with Gasteiger partial charge in [0.15, 0.2) is 5.69 Å². The second-order valence-corrected chi connectivity index (χ2v) is 4.93. The molecule has 2 heterocycles. The summed E-state index contributed by atoms with van der Waals surface area (Å²) in [5.41, 5.74) is 1.36. The predicted octanol–water partition coefficient (Wildman–Crippen LogP) is 2.10. The summed E-state index contributed by atoms with van der Waals surface area (Å²) < 4.78 is 5.54. The number of ether oxygens (including phenoxy) is 1. The maximum absolute atomic E-state index is 10.9. The Balaban J connectivity index is 1.98. The third-order valence-corrected chi connectivity index (χ3v) is 3.60. The van der Waals surface area contributed by atoms with E-state index in [1.807, 2.05) is 6.08 Å². The number of nitrogens with zero attached hydrogens (tertiary/aromatic N) is 2. The molecule has 1 N–H and O–H groups in total. The van der Waals surface area contributed by atoms with Crippen molar-refractivity contribution in [3.8, 4) is 0 Å². The molecule has 0 amide bonds. The van der Waals surface area contributed by atoms with Crippen LogP contribution in [0.25, 0.3) is 5.57 Å². The second-order valence-electron chi connectivity index (χ2n) is 4.49. The monoisotopic (exact) mass is 278 g/mol. The van der Waals surface area contributed by atoms with E-state index in [-0.39, 0.29) is 17.7 Å². The van der Waals surface area contributed by atoms with Gasteiger partial charge in [0, 0.05) is 17.6 Å². The highest BCUT2D eigenvalue weighted by Gasteiger charge is 2.32. The van der Waals surface area contributed by atoms with E-state index in [9.17, 15) is 4.79 Å². The Morgan fingerprint density at radius 2 is 2.32 bits per heavy atom. The smallest absolute Gasteiger partial charge is 0.354 e. The van der Waals surface area contributed by atoms with E-state index in [4.69, 9.17) is 21.4 Å². The molecule has 1 aromatic heterocycles. The fourth-order valence-electron chi connectivity index (χ4n) is 2.36. The van der Waals surface area contributed by atoms with Gasteiger partial charge in [-0.15, -0.1) is 0 Å². The van der Waals surface area contributed by atoms with Gasteiger partial charge in [0.1, 0.15) is 6.33 Å². The first-order chi connectivity index (χ1) is 9.15. The number of hydrogen-bond donors (Lipinski definition) is 1. The minimum Gasteiger partial charge on any atom is -0.477 e. The van der Waals surface area contributed by atoms with E-state index in [0.29, 0.717) is 17.3 Å². The first kappa shape index (κ1) is 12.3. The Morgan fingerprint density at radius 3 is 3.11 bits per heavy atom. The minimum absolute atomic E-state index is 0.0276. The molecule has 1 saturated heterocycles. The molecule has 3 rings (SSSR count). The molecule has 6 heteroatoms. The fourth-order valence-corrected chi connectivity index (χ4v) is 2.70. The lowest BCUT2D eigenvalue weighted by atomic mass is 9.91. The molecule has 2 atom stereocenters. The molecule has 98 valence electrons. The Labute approximate surface area is 114 Å². The zero-order valence-corrected chi connectivity index (χ0v) is 10.7. The molecule has 0 bridgehead atoms. The number of carboxylic acids is 1. The van der Waals surface area contributed by atoms with Crippen molar-refractivity contribution in [1.29, 1.82) is 0 Å². The SMILES string of the molecule is O=C(O)c1cc(C2=CC3CCOC3C(Cl)=C2)ncn1. The van der Waals surface area contributed by atoms with Crippen LogP contribution in [-0.4, -0.2) is 33.8 Å². The number of carboxylic acid groups (broad SMARTS) is 1. The number of carbonyl (C=O) groups is 1. The highest BCUT2D eigenvalue weighted by Crippen LogP contribution is 2.37. The number of aromatic carboxylic acids is 1. The first-order valence-corrected chi connectivity index (χ1v) is 6.29. The standard InChI is InChI=1S/C13H11ClN2O3/c14-9-4-8(3-7-1-2-19-12(7)9)10-5-11(13(17)18)16-6-15-10/h3-7,12H,1-2H2,(H,17,18). The van der Waals surface area contributed by atoms with Gasteiger partial charge in [-0.3, -0.25) is 0 Å². The molecule has 2 aliphatic rings. The van der Waals surface area contributed by atoms with Crippen molar-refractivity contribution in [1.82, 2.24) is 9.97 Å². The number of aromatic nitrogens is 2. The van der Waals surface area contributed by atoms with E-state index in [1.54, 1.807) is 6.08 Å². The van der Waals surface area contributed by atoms with Crippen molar-refractivity contribution in [3.63, 3.8) is 0 Å². The molecule has 0 radical (unpaired) electrons. The fraction of sp³-hybridized carbons (Fsp3) is 0.308. The predicted molar refractivity (Wildman–Crippen MR) is 68.8 cm³/mol. The summed E-state index contributed by atoms with van der Waals surface area (Å²) in [6.07, 6.45) is 5.92. The Morgan fingerprint density at radius 1 is 1.47 bits per heavy atom. The van der Waals surface area contributed by atoms with Crippen molar-refractivity contribution in [2.75, 3.05) is 6.61 Å². The minimum atomic E-state index is -1.07. The Hall–Kier alpha value is -1.72. The van der Waals surface area contributed by atoms with Gasteiger partial charge in [-0.25, -0.2) is 14.8 Å². The number of allylic oxidation sites excluding steroid dienone is 2. The summed E-state index contributed by atoms with van der Waals surface area (Å²) in [7, 11) is 0. The summed E-state index contributed by atoms with van der Waals surface area (Å²) >= 11 is 6.20. The second kappa shape index (κ2) is 4.75. The van der Waals surface area contributed by atoms with Crippen molar-refractivity contribution in [2.45, 2.75) is 12.5 Å². The van der Waals surface area contributed by atoms with Crippen molar-refractivity contribution < 1.29 is 14.6 Å². The molecule has 19 heavy (non-hydrogen) atoms. The van der Waals surface area contributed by atoms with Gasteiger partial charge < -0.3 is 9.84 Å². The summed E-state index contributed by atoms with van der Waals surface area (Å²) in [6, 6.07) is 1.45. The Bertz CT molecular complexity index is 597. The first-order valence-electron chi connectivity index (χ1n) is 5.91. The Kier molecular flexibility index (Phi) is 3.08. The van der Waals surface area contributed by atoms with E-state index in [1.165, 1.54) is 12.4 Å². The highest BCUT2D eigenvalue weighted by molar-refractivity contribution is 6.31. The summed E-state index contributed by atoms with van der Waals surface area (Å²) in [5, 5.41) is 9.57. The van der Waals surface area contributed by atoms with Crippen LogP contribution in [0.2, 0.25) is 0 Å². The summed E-state index contributed by atoms with van der Waals surface area (Å²) in [5.74, 6) is -0.840. The molecular weight excluding hydrogens is 268 g/mol. The zero-order valence-electron chi connectivity index (χ0n) is 9.91. The molecule has 1 aromatic rings. The van der Waals surface area contributed by atoms with Gasteiger partial charge in [0.25, 0.3) is 0 Å². The number of halogens is 1. The lowest BCUT2D eigenvalue weighted by Gasteiger charge is -2.20. The van der Waals surface area contributed by atoms with Gasteiger partial charge in [0.2, 0.25) is 0 Å². The maximum atomic E-state index is 10.9. The van der Waals surface area contributed by atoms with Crippen molar-refractivity contribution in [3.05, 3.63) is 41.0 Å². The van der Waals surface area contributed by atoms with Crippen LogP contribution in [0.15, 0.2) is 29.6 Å². The van der Waals surface area contributed by atoms with E-state index >= 15 is 0 Å². The van der Waals surface area contributed by atoms with Crippen molar-refractivity contribution in [2.24, 2.45) is 5.92 Å². The summed E-state index contributed by atoms with van der Waals surface area (Å²) in [4.78, 5) is 18.7. The third-order valence-electron chi connectivity index (χ3n) is 3.28. The topological polar surface area (TPSA) is 72.3 Å². The van der Waals surface area contributed by atoms with E-state index in [0.717, 1.165) is 12.0 Å². The van der Waals surface area contributed by atoms with Crippen LogP contribution in [-0.2, 0) is 4.74 Å². The van der Waals surface area contributed by atoms with Crippen LogP contribution in [0.3, 0.4) is 0 Å². The average Bonchev–Trinajstić information content (AvgIpc) is 2.87. The molecule has 1 fully saturated rings. The van der Waals surface area contributed by atoms with E-state index < -0.39 is 5.97 Å². The lowest BCUT2D eigenvalue weighted by molar-refractivity contribution is 0.0690. The van der Waals surface area contributed by atoms with Gasteiger partial charge in [-0.2, -0.15) is 0 Å². The molecule has 1 aliphatic heterocycles. The lowest BCUT2D eigenvalue weighted by Crippen LogP contribution is -2.18. The zero-order chi connectivity index (χ0) is 13.4. The molecule has 0 spiro atoms. The largest absolute Gasteiger partial charge is 0.477 e. The highest BCUT2D eigenvalue weighted by atomic mass is 35.5. The average molecular weight is 279 g/mol. The molecule has 0 aromatic carbocycles. The molecule has 5 nitrogen and oxygen atoms in total. The van der Waals surface area contributed by atoms with Gasteiger partial charge in [0.05, 0.1) is 11.8 Å². The van der Waals surface area contributed by atoms with Crippen LogP contribution in [0.1, 0.15) is 22.6 Å². The molecule has 1 aliphatic carbocycles. The van der Waals surface area contributed by atoms with Crippen LogP contribution >= 0.6 is 11.6 Å². The van der Waals surface area contributed by atoms with Crippen LogP contribution in [0, 0.1) is 5.92 Å². The van der Waals surface area contributed by atoms with Gasteiger partial charge in [-0.1, -0.05) is 17.7 Å². The third kappa shape index (κ3) is 2.27. The number of fused-ring (bicyclic) bond motifs is 1. The van der Waals surface area contributed by atoms with Crippen molar-refractivity contribution >= 4 is 23.1 Å². The van der Waals surface area contributed by atoms with Crippen LogP contribution in [0.4, 0.5) is 0 Å². The maximum Gasteiger partial charge on any atom is 0.354 e. The molecular formula is C13H11ClN2O3. The molecule has 2 unspecified atom stereocenters. The quantitative estimate of drug-likeness (QED) is 0.897. The van der Waals surface area contributed by atoms with Crippen LogP contribution < -0.4 is 0 Å².